The fraction of sp³-hybridized carbons (Fsp3) is 0.438. The number of aliphatic hydroxyl groups is 1. The quantitative estimate of drug-likeness (QED) is 0.0496. The van der Waals surface area contributed by atoms with Crippen LogP contribution in [-0.4, -0.2) is 122 Å². The number of hydrogen-bond donors (Lipinski definition) is 11. The van der Waals surface area contributed by atoms with Gasteiger partial charge in [0, 0.05) is 41.8 Å². The van der Waals surface area contributed by atoms with Crippen molar-refractivity contribution in [3.8, 4) is 0 Å². The van der Waals surface area contributed by atoms with Gasteiger partial charge < -0.3 is 58.2 Å². The van der Waals surface area contributed by atoms with Gasteiger partial charge in [-0.1, -0.05) is 18.2 Å². The number of amides is 6. The monoisotopic (exact) mass is 744 g/mol. The first kappa shape index (κ1) is 41.0. The molecule has 6 amide bonds. The summed E-state index contributed by atoms with van der Waals surface area (Å²) in [4.78, 5) is 98.1. The Morgan fingerprint density at radius 2 is 1.54 bits per heavy atom. The van der Waals surface area contributed by atoms with Crippen LogP contribution in [0.1, 0.15) is 30.5 Å². The average molecular weight is 745 g/mol. The third-order valence-corrected chi connectivity index (χ3v) is 8.50. The lowest BCUT2D eigenvalue weighted by Gasteiger charge is -2.24. The highest BCUT2D eigenvalue weighted by Gasteiger charge is 2.30. The summed E-state index contributed by atoms with van der Waals surface area (Å²) in [5.74, 6) is -5.73. The molecule has 13 N–H and O–H groups in total. The molecule has 3 rings (SSSR count). The molecule has 0 aliphatic rings. The van der Waals surface area contributed by atoms with Gasteiger partial charge in [-0.2, -0.15) is 11.8 Å². The lowest BCUT2D eigenvalue weighted by atomic mass is 10.0. The van der Waals surface area contributed by atoms with E-state index in [-0.39, 0.29) is 32.1 Å². The normalized spacial score (nSPS) is 13.9. The van der Waals surface area contributed by atoms with E-state index in [2.05, 4.69) is 41.5 Å². The number of nitrogens with two attached hydrogens (primary N) is 2. The highest BCUT2D eigenvalue weighted by Crippen LogP contribution is 2.19. The Bertz CT molecular complexity index is 1700. The highest BCUT2D eigenvalue weighted by atomic mass is 32.2. The number of hydrogen-bond acceptors (Lipinski definition) is 11. The third kappa shape index (κ3) is 12.7. The molecule has 0 saturated carbocycles. The van der Waals surface area contributed by atoms with Crippen LogP contribution in [0.3, 0.4) is 0 Å². The van der Waals surface area contributed by atoms with E-state index in [1.54, 1.807) is 12.5 Å². The number of nitrogens with one attached hydrogen (secondary N) is 7. The Kier molecular flexibility index (Phi) is 16.1. The van der Waals surface area contributed by atoms with Gasteiger partial charge in [0.15, 0.2) is 0 Å². The van der Waals surface area contributed by atoms with Gasteiger partial charge in [-0.15, -0.1) is 0 Å². The van der Waals surface area contributed by atoms with E-state index in [1.165, 1.54) is 24.3 Å². The van der Waals surface area contributed by atoms with Crippen LogP contribution in [0.25, 0.3) is 10.9 Å². The Hall–Kier alpha value is -5.47. The smallest absolute Gasteiger partial charge is 0.328 e. The molecule has 0 saturated heterocycles. The fourth-order valence-electron chi connectivity index (χ4n) is 5.06. The Morgan fingerprint density at radius 1 is 0.865 bits per heavy atom. The van der Waals surface area contributed by atoms with E-state index in [0.717, 1.165) is 16.5 Å². The summed E-state index contributed by atoms with van der Waals surface area (Å²) in [6.45, 7) is -1.53. The number of carbonyl (C=O) groups excluding carboxylic acids is 6. The number of fused-ring (bicyclic) bond motifs is 1. The minimum Gasteiger partial charge on any atom is -0.480 e. The summed E-state index contributed by atoms with van der Waals surface area (Å²) in [5.41, 5.74) is 13.6. The summed E-state index contributed by atoms with van der Waals surface area (Å²) < 4.78 is 0. The predicted molar refractivity (Wildman–Crippen MR) is 189 cm³/mol. The number of aliphatic hydroxyl groups excluding tert-OH is 1. The number of nitrogens with zero attached hydrogens (tertiary/aromatic N) is 1. The number of carboxylic acids is 1. The molecule has 19 nitrogen and oxygen atoms in total. The second-order valence-corrected chi connectivity index (χ2v) is 12.8. The van der Waals surface area contributed by atoms with Gasteiger partial charge >= 0.3 is 5.97 Å². The molecule has 3 aromatic rings. The number of aromatic nitrogens is 3. The van der Waals surface area contributed by atoms with Gasteiger partial charge in [-0.05, 0) is 42.9 Å². The van der Waals surface area contributed by atoms with E-state index < -0.39 is 84.8 Å². The van der Waals surface area contributed by atoms with Crippen molar-refractivity contribution in [2.75, 3.05) is 25.2 Å². The molecule has 0 aliphatic carbocycles. The van der Waals surface area contributed by atoms with E-state index >= 15 is 0 Å². The molecular weight excluding hydrogens is 700 g/mol. The minimum absolute atomic E-state index is 0.125. The Morgan fingerprint density at radius 3 is 2.19 bits per heavy atom. The molecule has 1 aromatic carbocycles. The number of primary amides is 1. The fourth-order valence-corrected chi connectivity index (χ4v) is 5.53. The number of aliphatic carboxylic acids is 1. The van der Waals surface area contributed by atoms with Crippen LogP contribution < -0.4 is 38.1 Å². The molecule has 0 bridgehead atoms. The molecule has 52 heavy (non-hydrogen) atoms. The number of carboxylic acid groups (broad SMARTS) is 1. The summed E-state index contributed by atoms with van der Waals surface area (Å²) >= 11 is 1.39. The zero-order valence-corrected chi connectivity index (χ0v) is 29.2. The van der Waals surface area contributed by atoms with Crippen LogP contribution in [0, 0.1) is 0 Å². The predicted octanol–water partition coefficient (Wildman–Crippen LogP) is -2.85. The van der Waals surface area contributed by atoms with E-state index in [9.17, 15) is 43.8 Å². The number of imidazole rings is 1. The number of rotatable bonds is 22. The van der Waals surface area contributed by atoms with Crippen molar-refractivity contribution >= 4 is 64.1 Å². The molecule has 0 unspecified atom stereocenters. The minimum atomic E-state index is -1.62. The second-order valence-electron chi connectivity index (χ2n) is 11.8. The molecule has 0 spiro atoms. The van der Waals surface area contributed by atoms with Crippen LogP contribution in [-0.2, 0) is 46.4 Å². The molecule has 0 aliphatic heterocycles. The van der Waals surface area contributed by atoms with Gasteiger partial charge in [-0.25, -0.2) is 9.78 Å². The summed E-state index contributed by atoms with van der Waals surface area (Å²) in [5, 5.41) is 31.5. The van der Waals surface area contributed by atoms with Gasteiger partial charge in [0.05, 0.1) is 25.5 Å². The van der Waals surface area contributed by atoms with Crippen molar-refractivity contribution in [2.45, 2.75) is 62.3 Å². The average Bonchev–Trinajstić information content (AvgIpc) is 3.79. The largest absolute Gasteiger partial charge is 0.480 e. The second kappa shape index (κ2) is 20.4. The van der Waals surface area contributed by atoms with Crippen molar-refractivity contribution in [2.24, 2.45) is 11.5 Å². The molecule has 5 atom stereocenters. The zero-order valence-electron chi connectivity index (χ0n) is 28.3. The van der Waals surface area contributed by atoms with Gasteiger partial charge in [0.1, 0.15) is 24.2 Å². The molecule has 2 heterocycles. The Labute approximate surface area is 302 Å². The first-order valence-electron chi connectivity index (χ1n) is 16.2. The van der Waals surface area contributed by atoms with Gasteiger partial charge in [-0.3, -0.25) is 28.8 Å². The van der Waals surface area contributed by atoms with Crippen molar-refractivity contribution in [3.05, 3.63) is 54.2 Å². The number of benzene rings is 1. The van der Waals surface area contributed by atoms with Crippen LogP contribution in [0.4, 0.5) is 0 Å². The van der Waals surface area contributed by atoms with Crippen LogP contribution in [0.15, 0.2) is 43.0 Å². The Balaban J connectivity index is 1.65. The highest BCUT2D eigenvalue weighted by molar-refractivity contribution is 7.98. The van der Waals surface area contributed by atoms with Crippen molar-refractivity contribution < 1.29 is 43.8 Å². The number of H-pyrrole nitrogens is 2. The van der Waals surface area contributed by atoms with Crippen LogP contribution >= 0.6 is 11.8 Å². The summed E-state index contributed by atoms with van der Waals surface area (Å²) in [6.07, 6.45) is 5.97. The maximum atomic E-state index is 13.5. The van der Waals surface area contributed by atoms with Crippen molar-refractivity contribution in [3.63, 3.8) is 0 Å². The maximum Gasteiger partial charge on any atom is 0.328 e. The topological polar surface area (TPSA) is 317 Å². The lowest BCUT2D eigenvalue weighted by molar-refractivity contribution is -0.143. The van der Waals surface area contributed by atoms with Crippen molar-refractivity contribution in [1.82, 2.24) is 41.5 Å². The van der Waals surface area contributed by atoms with E-state index in [1.807, 2.05) is 24.3 Å². The lowest BCUT2D eigenvalue weighted by Crippen LogP contribution is -2.57. The maximum absolute atomic E-state index is 13.5. The van der Waals surface area contributed by atoms with E-state index in [4.69, 9.17) is 11.5 Å². The standard InChI is InChI=1S/C32H44N10O9S/c1-52-9-8-23(29(47)37-14-27(45)39-24(11-18-13-35-16-38-18)31(49)42-25(15-43)32(50)51)41-30(48)22(6-7-26(34)44)40-28(46)20(33)10-17-12-36-21-5-3-2-4-19(17)21/h2-5,12-13,16,20,22-25,36,43H,6-11,14-15,33H2,1H3,(H2,34,44)(H,35,38)(H,37,47)(H,39,45)(H,40,46)(H,41,48)(H,42,49)(H,50,51)/t20-,22-,23-,24-,25-/m0/s1. The van der Waals surface area contributed by atoms with Gasteiger partial charge in [0.2, 0.25) is 35.4 Å². The van der Waals surface area contributed by atoms with E-state index in [0.29, 0.717) is 11.4 Å². The molecular formula is C32H44N10O9S. The van der Waals surface area contributed by atoms with Crippen molar-refractivity contribution in [1.29, 1.82) is 0 Å². The van der Waals surface area contributed by atoms with Gasteiger partial charge in [0.25, 0.3) is 0 Å². The summed E-state index contributed by atoms with van der Waals surface area (Å²) in [7, 11) is 0. The molecule has 2 aromatic heterocycles. The van der Waals surface area contributed by atoms with Crippen LogP contribution in [0.5, 0.6) is 0 Å². The molecule has 0 radical (unpaired) electrons. The first-order chi connectivity index (χ1) is 24.8. The zero-order chi connectivity index (χ0) is 38.2. The third-order valence-electron chi connectivity index (χ3n) is 7.86. The first-order valence-corrected chi connectivity index (χ1v) is 17.6. The number of carbonyl (C=O) groups is 7. The summed E-state index contributed by atoms with van der Waals surface area (Å²) in [6, 6.07) is 1.01. The molecule has 0 fully saturated rings. The number of para-hydroxylation sites is 1. The number of aromatic amines is 2. The molecule has 20 heteroatoms. The number of thioether (sulfide) groups is 1. The molecule has 282 valence electrons. The SMILES string of the molecule is CSCC[C@H](NC(=O)[C@H](CCC(N)=O)NC(=O)[C@@H](N)Cc1c[nH]c2ccccc12)C(=O)NCC(=O)N[C@@H](Cc1cnc[nH]1)C(=O)N[C@@H](CO)C(=O)O. The van der Waals surface area contributed by atoms with Crippen LogP contribution in [0.2, 0.25) is 0 Å².